The molecule has 2 aliphatic heterocycles. The Labute approximate surface area is 191 Å². The van der Waals surface area contributed by atoms with E-state index in [-0.39, 0.29) is 17.5 Å². The third kappa shape index (κ3) is 3.95. The second-order valence-electron chi connectivity index (χ2n) is 10.3. The summed E-state index contributed by atoms with van der Waals surface area (Å²) < 4.78 is 13.9. The molecule has 32 heavy (non-hydrogen) atoms. The van der Waals surface area contributed by atoms with E-state index < -0.39 is 0 Å². The first-order chi connectivity index (χ1) is 15.5. The highest BCUT2D eigenvalue weighted by molar-refractivity contribution is 5.59. The molecular weight excluding hydrogens is 401 g/mol. The number of β-amino-alcohol motifs (C(OH)–C–C–N with tert-alkyl or cyclic N) is 1. The summed E-state index contributed by atoms with van der Waals surface area (Å²) in [7, 11) is 4.19. The standard InChI is InChI=1S/C27H36FN3O/c1-30(2)27(20-6-5-7-21(28)16-20)13-10-19(11-14-27)26(32)18-31-15-12-23-22-8-3-4-9-24(22)29-25(23)17-31/h3-9,16,19,23,25-26,29,32H,10-15,17-18H2,1-2H3. The smallest absolute Gasteiger partial charge is 0.123 e. The predicted molar refractivity (Wildman–Crippen MR) is 127 cm³/mol. The Bertz CT molecular complexity index is 940. The van der Waals surface area contributed by atoms with Crippen molar-refractivity contribution in [3.63, 3.8) is 0 Å². The Kier molecular flexibility index (Phi) is 5.99. The molecule has 2 N–H and O–H groups in total. The van der Waals surface area contributed by atoms with Crippen LogP contribution in [0.25, 0.3) is 0 Å². The van der Waals surface area contributed by atoms with Gasteiger partial charge in [0.2, 0.25) is 0 Å². The van der Waals surface area contributed by atoms with Gasteiger partial charge in [-0.1, -0.05) is 30.3 Å². The maximum Gasteiger partial charge on any atom is 0.123 e. The van der Waals surface area contributed by atoms with Gasteiger partial charge in [-0.3, -0.25) is 9.80 Å². The summed E-state index contributed by atoms with van der Waals surface area (Å²) in [5, 5.41) is 14.8. The minimum absolute atomic E-state index is 0.143. The van der Waals surface area contributed by atoms with Gasteiger partial charge in [0.05, 0.1) is 6.10 Å². The zero-order chi connectivity index (χ0) is 22.3. The van der Waals surface area contributed by atoms with Crippen molar-refractivity contribution < 1.29 is 9.50 Å². The largest absolute Gasteiger partial charge is 0.392 e. The Morgan fingerprint density at radius 3 is 2.66 bits per heavy atom. The molecule has 0 radical (unpaired) electrons. The summed E-state index contributed by atoms with van der Waals surface area (Å²) in [6.07, 6.45) is 4.69. The number of aliphatic hydroxyl groups is 1. The summed E-state index contributed by atoms with van der Waals surface area (Å²) in [4.78, 5) is 4.70. The summed E-state index contributed by atoms with van der Waals surface area (Å²) in [5.41, 5.74) is 3.66. The number of nitrogens with zero attached hydrogens (tertiary/aromatic N) is 2. The number of aliphatic hydroxyl groups excluding tert-OH is 1. The lowest BCUT2D eigenvalue weighted by atomic mass is 9.70. The molecule has 3 unspecified atom stereocenters. The van der Waals surface area contributed by atoms with Crippen LogP contribution in [0.1, 0.15) is 49.1 Å². The first-order valence-corrected chi connectivity index (χ1v) is 12.2. The first kappa shape index (κ1) is 21.9. The van der Waals surface area contributed by atoms with Crippen LogP contribution < -0.4 is 5.32 Å². The molecule has 2 aromatic rings. The molecule has 4 nitrogen and oxygen atoms in total. The van der Waals surface area contributed by atoms with Crippen molar-refractivity contribution in [3.05, 3.63) is 65.5 Å². The molecule has 5 heteroatoms. The Hall–Kier alpha value is -1.95. The lowest BCUT2D eigenvalue weighted by molar-refractivity contribution is 0.00318. The lowest BCUT2D eigenvalue weighted by Gasteiger charge is -2.47. The summed E-state index contributed by atoms with van der Waals surface area (Å²) in [6.45, 7) is 2.79. The Morgan fingerprint density at radius 2 is 1.91 bits per heavy atom. The van der Waals surface area contributed by atoms with Gasteiger partial charge in [-0.05, 0) is 88.0 Å². The molecule has 172 valence electrons. The molecule has 0 bridgehead atoms. The van der Waals surface area contributed by atoms with E-state index in [0.29, 0.717) is 17.9 Å². The Balaban J connectivity index is 1.19. The number of para-hydroxylation sites is 1. The van der Waals surface area contributed by atoms with Crippen molar-refractivity contribution in [1.29, 1.82) is 0 Å². The molecule has 1 saturated carbocycles. The summed E-state index contributed by atoms with van der Waals surface area (Å²) >= 11 is 0. The van der Waals surface area contributed by atoms with Gasteiger partial charge in [0.1, 0.15) is 5.82 Å². The van der Waals surface area contributed by atoms with E-state index >= 15 is 0 Å². The molecule has 0 amide bonds. The minimum Gasteiger partial charge on any atom is -0.392 e. The molecule has 2 heterocycles. The SMILES string of the molecule is CN(C)C1(c2cccc(F)c2)CCC(C(O)CN2CCC3c4ccccc4NC3C2)CC1. The van der Waals surface area contributed by atoms with E-state index in [2.05, 4.69) is 59.5 Å². The van der Waals surface area contributed by atoms with Crippen LogP contribution in [-0.2, 0) is 5.54 Å². The highest BCUT2D eigenvalue weighted by atomic mass is 19.1. The number of hydrogen-bond donors (Lipinski definition) is 2. The molecule has 1 aliphatic carbocycles. The first-order valence-electron chi connectivity index (χ1n) is 12.2. The lowest BCUT2D eigenvalue weighted by Crippen LogP contribution is -2.49. The van der Waals surface area contributed by atoms with Crippen LogP contribution in [0.3, 0.4) is 0 Å². The van der Waals surface area contributed by atoms with Gasteiger partial charge in [0.25, 0.3) is 0 Å². The number of rotatable bonds is 5. The summed E-state index contributed by atoms with van der Waals surface area (Å²) in [5.74, 6) is 0.737. The Morgan fingerprint density at radius 1 is 1.12 bits per heavy atom. The van der Waals surface area contributed by atoms with Crippen molar-refractivity contribution in [1.82, 2.24) is 9.80 Å². The minimum atomic E-state index is -0.303. The maximum atomic E-state index is 13.9. The number of piperidine rings is 1. The second-order valence-corrected chi connectivity index (χ2v) is 10.3. The molecule has 5 rings (SSSR count). The normalized spacial score (nSPS) is 31.1. The number of hydrogen-bond acceptors (Lipinski definition) is 4. The van der Waals surface area contributed by atoms with E-state index in [9.17, 15) is 9.50 Å². The van der Waals surface area contributed by atoms with Crippen molar-refractivity contribution in [2.24, 2.45) is 5.92 Å². The van der Waals surface area contributed by atoms with E-state index in [1.165, 1.54) is 17.3 Å². The summed E-state index contributed by atoms with van der Waals surface area (Å²) in [6, 6.07) is 16.2. The number of likely N-dealkylation sites (tertiary alicyclic amines) is 1. The predicted octanol–water partition coefficient (Wildman–Crippen LogP) is 4.42. The topological polar surface area (TPSA) is 38.7 Å². The van der Waals surface area contributed by atoms with Gasteiger partial charge in [0.15, 0.2) is 0 Å². The van der Waals surface area contributed by atoms with Crippen LogP contribution in [0.5, 0.6) is 0 Å². The van der Waals surface area contributed by atoms with Gasteiger partial charge >= 0.3 is 0 Å². The van der Waals surface area contributed by atoms with E-state index in [0.717, 1.165) is 57.3 Å². The van der Waals surface area contributed by atoms with Crippen LogP contribution in [0.4, 0.5) is 10.1 Å². The number of halogens is 1. The fourth-order valence-electron chi connectivity index (χ4n) is 6.54. The maximum absolute atomic E-state index is 13.9. The van der Waals surface area contributed by atoms with E-state index in [1.54, 1.807) is 6.07 Å². The highest BCUT2D eigenvalue weighted by Gasteiger charge is 2.42. The van der Waals surface area contributed by atoms with Gasteiger partial charge in [-0.25, -0.2) is 4.39 Å². The van der Waals surface area contributed by atoms with Gasteiger partial charge < -0.3 is 10.4 Å². The van der Waals surface area contributed by atoms with Crippen molar-refractivity contribution >= 4 is 5.69 Å². The van der Waals surface area contributed by atoms with Gasteiger partial charge in [-0.15, -0.1) is 0 Å². The zero-order valence-electron chi connectivity index (χ0n) is 19.3. The molecular formula is C27H36FN3O. The molecule has 0 spiro atoms. The fraction of sp³-hybridized carbons (Fsp3) is 0.556. The van der Waals surface area contributed by atoms with Crippen LogP contribution in [0.15, 0.2) is 48.5 Å². The average molecular weight is 438 g/mol. The fourth-order valence-corrected chi connectivity index (χ4v) is 6.54. The third-order valence-electron chi connectivity index (χ3n) is 8.46. The van der Waals surface area contributed by atoms with Crippen molar-refractivity contribution in [2.75, 3.05) is 39.0 Å². The van der Waals surface area contributed by atoms with Crippen LogP contribution >= 0.6 is 0 Å². The van der Waals surface area contributed by atoms with Crippen molar-refractivity contribution in [2.45, 2.75) is 55.7 Å². The van der Waals surface area contributed by atoms with Crippen LogP contribution in [0.2, 0.25) is 0 Å². The molecule has 2 aromatic carbocycles. The monoisotopic (exact) mass is 437 g/mol. The molecule has 3 atom stereocenters. The molecule has 1 saturated heterocycles. The van der Waals surface area contributed by atoms with Crippen LogP contribution in [0, 0.1) is 11.7 Å². The quantitative estimate of drug-likeness (QED) is 0.727. The molecule has 2 fully saturated rings. The third-order valence-corrected chi connectivity index (χ3v) is 8.46. The van der Waals surface area contributed by atoms with Gasteiger partial charge in [-0.2, -0.15) is 0 Å². The number of nitrogens with one attached hydrogen (secondary N) is 1. The molecule has 0 aromatic heterocycles. The van der Waals surface area contributed by atoms with E-state index in [4.69, 9.17) is 0 Å². The van der Waals surface area contributed by atoms with Gasteiger partial charge in [0, 0.05) is 36.3 Å². The number of fused-ring (bicyclic) bond motifs is 3. The average Bonchev–Trinajstić information content (AvgIpc) is 3.16. The number of anilines is 1. The number of benzene rings is 2. The zero-order valence-corrected chi connectivity index (χ0v) is 19.3. The highest BCUT2D eigenvalue weighted by Crippen LogP contribution is 2.45. The van der Waals surface area contributed by atoms with Crippen molar-refractivity contribution in [3.8, 4) is 0 Å². The van der Waals surface area contributed by atoms with Crippen LogP contribution in [-0.4, -0.2) is 60.8 Å². The van der Waals surface area contributed by atoms with E-state index in [1.807, 2.05) is 6.07 Å². The molecule has 3 aliphatic rings. The second kappa shape index (κ2) is 8.77.